The van der Waals surface area contributed by atoms with Gasteiger partial charge in [-0.3, -0.25) is 4.79 Å². The number of ether oxygens (including phenoxy) is 2. The van der Waals surface area contributed by atoms with Crippen LogP contribution in [0, 0.1) is 12.0 Å². The normalized spacial score (nSPS) is 10.5. The fraction of sp³-hybridized carbons (Fsp3) is 0.400. The highest BCUT2D eigenvalue weighted by Gasteiger charge is 2.11. The number of carbonyl (C=O) groups excluding carboxylic acids is 1. The van der Waals surface area contributed by atoms with Crippen LogP contribution in [0.5, 0.6) is 0 Å². The number of allylic oxidation sites excluding steroid dienone is 3. The number of methoxy groups -OCH3 is 1. The molecule has 0 spiro atoms. The Labute approximate surface area is 148 Å². The number of rotatable bonds is 7. The minimum atomic E-state index is -0.541. The molecule has 5 nitrogen and oxygen atoms in total. The van der Waals surface area contributed by atoms with Crippen LogP contribution in [0.4, 0.5) is 0 Å². The number of hydrogen-bond donors (Lipinski definition) is 0. The van der Waals surface area contributed by atoms with E-state index in [-0.39, 0.29) is 18.8 Å². The van der Waals surface area contributed by atoms with Crippen LogP contribution in [0.2, 0.25) is 0 Å². The maximum Gasteiger partial charge on any atom is 0.335 e. The third kappa shape index (κ3) is 8.61. The van der Waals surface area contributed by atoms with Crippen molar-refractivity contribution < 1.29 is 18.7 Å². The minimum absolute atomic E-state index is 0.158. The van der Waals surface area contributed by atoms with Crippen LogP contribution in [0.25, 0.3) is 0 Å². The van der Waals surface area contributed by atoms with Gasteiger partial charge in [-0.15, -0.1) is 0 Å². The van der Waals surface area contributed by atoms with Gasteiger partial charge in [-0.25, -0.2) is 4.79 Å². The minimum Gasteiger partial charge on any atom is -0.461 e. The summed E-state index contributed by atoms with van der Waals surface area (Å²) in [7, 11) is 1.42. The lowest BCUT2D eigenvalue weighted by Gasteiger charge is -2.04. The van der Waals surface area contributed by atoms with E-state index in [1.807, 2.05) is 13.0 Å². The molecule has 0 N–H and O–H groups in total. The molecule has 1 heterocycles. The summed E-state index contributed by atoms with van der Waals surface area (Å²) in [6.45, 7) is 6.32. The maximum absolute atomic E-state index is 11.9. The van der Waals surface area contributed by atoms with E-state index >= 15 is 0 Å². The van der Waals surface area contributed by atoms with Crippen molar-refractivity contribution in [1.29, 1.82) is 0 Å². The van der Waals surface area contributed by atoms with E-state index in [1.54, 1.807) is 0 Å². The van der Waals surface area contributed by atoms with Crippen molar-refractivity contribution in [2.45, 2.75) is 40.0 Å². The van der Waals surface area contributed by atoms with E-state index in [0.717, 1.165) is 18.4 Å². The highest BCUT2D eigenvalue weighted by Crippen LogP contribution is 2.08. The van der Waals surface area contributed by atoms with Gasteiger partial charge < -0.3 is 13.9 Å². The van der Waals surface area contributed by atoms with E-state index in [0.29, 0.717) is 5.56 Å². The summed E-state index contributed by atoms with van der Waals surface area (Å²) in [5.41, 5.74) is 2.33. The Bertz CT molecular complexity index is 752. The van der Waals surface area contributed by atoms with E-state index in [1.165, 1.54) is 24.8 Å². The van der Waals surface area contributed by atoms with Crippen LogP contribution in [-0.4, -0.2) is 19.7 Å². The molecule has 5 heteroatoms. The number of esters is 1. The standard InChI is InChI=1S/C20H24O5/c1-15(2)6-5-7-16(3)10-13-24-20(22)14-18-17(11-12-23-4)8-9-19(21)25-18/h6,8-10H,5,7,13-14H2,1-4H3/b16-10+. The molecule has 0 bridgehead atoms. The quantitative estimate of drug-likeness (QED) is 0.431. The zero-order chi connectivity index (χ0) is 18.7. The maximum atomic E-state index is 11.9. The first-order valence-electron chi connectivity index (χ1n) is 8.04. The van der Waals surface area contributed by atoms with Crippen molar-refractivity contribution in [3.63, 3.8) is 0 Å². The largest absolute Gasteiger partial charge is 0.461 e. The SMILES string of the molecule is COC#Cc1ccc(=O)oc1CC(=O)OC/C=C(\C)CCC=C(C)C. The first-order valence-corrected chi connectivity index (χ1v) is 8.04. The molecule has 0 amide bonds. The monoisotopic (exact) mass is 344 g/mol. The molecule has 134 valence electrons. The number of carbonyl (C=O) groups is 1. The van der Waals surface area contributed by atoms with Crippen molar-refractivity contribution >= 4 is 5.97 Å². The second-order valence-corrected chi connectivity index (χ2v) is 5.75. The fourth-order valence-electron chi connectivity index (χ4n) is 1.95. The molecule has 1 rings (SSSR count). The Balaban J connectivity index is 2.58. The summed E-state index contributed by atoms with van der Waals surface area (Å²) in [6.07, 6.45) is 8.19. The number of hydrogen-bond acceptors (Lipinski definition) is 5. The molecule has 1 aromatic heterocycles. The van der Waals surface area contributed by atoms with Gasteiger partial charge in [0, 0.05) is 6.07 Å². The molecule has 0 aromatic carbocycles. The Morgan fingerprint density at radius 3 is 2.68 bits per heavy atom. The predicted octanol–water partition coefficient (Wildman–Crippen LogP) is 3.37. The van der Waals surface area contributed by atoms with Crippen molar-refractivity contribution in [2.24, 2.45) is 0 Å². The second-order valence-electron chi connectivity index (χ2n) is 5.75. The van der Waals surface area contributed by atoms with Crippen molar-refractivity contribution in [2.75, 3.05) is 13.7 Å². The summed E-state index contributed by atoms with van der Waals surface area (Å²) >= 11 is 0. The summed E-state index contributed by atoms with van der Waals surface area (Å²) in [4.78, 5) is 23.3. The Kier molecular flexibility index (Phi) is 8.87. The molecule has 0 fully saturated rings. The molecule has 0 saturated heterocycles. The predicted molar refractivity (Wildman–Crippen MR) is 96.0 cm³/mol. The molecule has 0 unspecified atom stereocenters. The average molecular weight is 344 g/mol. The van der Waals surface area contributed by atoms with Crippen LogP contribution in [0.15, 0.2) is 44.6 Å². The molecular weight excluding hydrogens is 320 g/mol. The van der Waals surface area contributed by atoms with Gasteiger partial charge in [0.25, 0.3) is 0 Å². The molecule has 25 heavy (non-hydrogen) atoms. The molecule has 0 atom stereocenters. The lowest BCUT2D eigenvalue weighted by atomic mass is 10.1. The van der Waals surface area contributed by atoms with Crippen molar-refractivity contribution in [1.82, 2.24) is 0 Å². The van der Waals surface area contributed by atoms with Crippen LogP contribution in [0.1, 0.15) is 44.9 Å². The van der Waals surface area contributed by atoms with Gasteiger partial charge in [0.1, 0.15) is 24.9 Å². The Morgan fingerprint density at radius 2 is 2.00 bits per heavy atom. The van der Waals surface area contributed by atoms with Gasteiger partial charge in [0.15, 0.2) is 0 Å². The Morgan fingerprint density at radius 1 is 1.24 bits per heavy atom. The van der Waals surface area contributed by atoms with Crippen LogP contribution in [0.3, 0.4) is 0 Å². The zero-order valence-electron chi connectivity index (χ0n) is 15.2. The molecule has 0 saturated carbocycles. The van der Waals surface area contributed by atoms with Crippen LogP contribution in [-0.2, 0) is 20.7 Å². The van der Waals surface area contributed by atoms with E-state index in [9.17, 15) is 9.59 Å². The first-order chi connectivity index (χ1) is 11.9. The van der Waals surface area contributed by atoms with Crippen LogP contribution >= 0.6 is 0 Å². The first kappa shape index (κ1) is 20.3. The molecular formula is C20H24O5. The zero-order valence-corrected chi connectivity index (χ0v) is 15.2. The van der Waals surface area contributed by atoms with E-state index < -0.39 is 11.6 Å². The lowest BCUT2D eigenvalue weighted by Crippen LogP contribution is -2.11. The summed E-state index contributed by atoms with van der Waals surface area (Å²) in [5, 5.41) is 0. The highest BCUT2D eigenvalue weighted by atomic mass is 16.5. The van der Waals surface area contributed by atoms with Crippen molar-refractivity contribution in [3.05, 3.63) is 57.2 Å². The van der Waals surface area contributed by atoms with E-state index in [4.69, 9.17) is 9.15 Å². The topological polar surface area (TPSA) is 65.7 Å². The molecule has 1 aromatic rings. The Hall–Kier alpha value is -2.74. The van der Waals surface area contributed by atoms with Gasteiger partial charge >= 0.3 is 11.6 Å². The summed E-state index contributed by atoms with van der Waals surface area (Å²) in [5.74, 6) is 2.36. The fourth-order valence-corrected chi connectivity index (χ4v) is 1.95. The second kappa shape index (κ2) is 10.9. The average Bonchev–Trinajstić information content (AvgIpc) is 2.53. The van der Waals surface area contributed by atoms with Gasteiger partial charge in [0.2, 0.25) is 0 Å². The molecule has 0 aliphatic rings. The van der Waals surface area contributed by atoms with Crippen molar-refractivity contribution in [3.8, 4) is 12.0 Å². The van der Waals surface area contributed by atoms with Gasteiger partial charge in [-0.2, -0.15) is 0 Å². The summed E-state index contributed by atoms with van der Waals surface area (Å²) < 4.78 is 14.9. The van der Waals surface area contributed by atoms with Gasteiger partial charge in [-0.05, 0) is 51.7 Å². The van der Waals surface area contributed by atoms with Gasteiger partial charge in [-0.1, -0.05) is 17.2 Å². The van der Waals surface area contributed by atoms with Crippen LogP contribution < -0.4 is 5.63 Å². The smallest absolute Gasteiger partial charge is 0.335 e. The summed E-state index contributed by atoms with van der Waals surface area (Å²) in [6, 6.07) is 2.74. The molecule has 0 aliphatic heterocycles. The lowest BCUT2D eigenvalue weighted by molar-refractivity contribution is -0.141. The highest BCUT2D eigenvalue weighted by molar-refractivity contribution is 5.72. The van der Waals surface area contributed by atoms with E-state index in [2.05, 4.69) is 36.7 Å². The molecule has 0 radical (unpaired) electrons. The van der Waals surface area contributed by atoms with Gasteiger partial charge in [0.05, 0.1) is 12.7 Å². The third-order valence-electron chi connectivity index (χ3n) is 3.27. The third-order valence-corrected chi connectivity index (χ3v) is 3.27. The molecule has 0 aliphatic carbocycles.